The first-order chi connectivity index (χ1) is 11.7. The second-order valence-corrected chi connectivity index (χ2v) is 5.30. The van der Waals surface area contributed by atoms with Gasteiger partial charge in [-0.1, -0.05) is 23.4 Å². The van der Waals surface area contributed by atoms with E-state index in [9.17, 15) is 5.11 Å². The van der Waals surface area contributed by atoms with Crippen LogP contribution in [0, 0.1) is 0 Å². The van der Waals surface area contributed by atoms with E-state index < -0.39 is 0 Å². The summed E-state index contributed by atoms with van der Waals surface area (Å²) in [6.45, 7) is 0. The molecule has 2 aromatic carbocycles. The molecule has 1 unspecified atom stereocenters. The number of phenols is 1. The predicted molar refractivity (Wildman–Crippen MR) is 89.2 cm³/mol. The van der Waals surface area contributed by atoms with Crippen LogP contribution in [0.1, 0.15) is 23.7 Å². The number of aromatic hydroxyl groups is 1. The summed E-state index contributed by atoms with van der Waals surface area (Å²) in [5.74, 6) is 1.77. The summed E-state index contributed by atoms with van der Waals surface area (Å²) in [6, 6.07) is 10.9. The quantitative estimate of drug-likeness (QED) is 0.911. The van der Waals surface area contributed by atoms with Gasteiger partial charge in [0.05, 0.1) is 32.6 Å². The number of phenolic OH excluding ortho intramolecular Hbond substituents is 1. The van der Waals surface area contributed by atoms with Crippen molar-refractivity contribution in [1.82, 2.24) is 0 Å². The third-order valence-electron chi connectivity index (χ3n) is 3.95. The topological polar surface area (TPSA) is 69.5 Å². The normalized spacial score (nSPS) is 16.3. The minimum absolute atomic E-state index is 0.0363. The van der Waals surface area contributed by atoms with Gasteiger partial charge >= 0.3 is 0 Å². The summed E-state index contributed by atoms with van der Waals surface area (Å²) >= 11 is 0. The Hall–Kier alpha value is -2.89. The highest BCUT2D eigenvalue weighted by molar-refractivity contribution is 6.06. The van der Waals surface area contributed by atoms with Gasteiger partial charge in [0.2, 0.25) is 0 Å². The third kappa shape index (κ3) is 2.82. The highest BCUT2D eigenvalue weighted by atomic mass is 16.6. The van der Waals surface area contributed by atoms with Crippen LogP contribution in [-0.4, -0.2) is 32.1 Å². The van der Waals surface area contributed by atoms with Crippen molar-refractivity contribution in [2.24, 2.45) is 5.16 Å². The molecule has 0 aliphatic carbocycles. The summed E-state index contributed by atoms with van der Waals surface area (Å²) in [5, 5.41) is 14.5. The van der Waals surface area contributed by atoms with Crippen LogP contribution in [0.15, 0.2) is 41.6 Å². The number of benzene rings is 2. The summed E-state index contributed by atoms with van der Waals surface area (Å²) < 4.78 is 15.9. The summed E-state index contributed by atoms with van der Waals surface area (Å²) in [7, 11) is 4.68. The second kappa shape index (κ2) is 6.70. The molecule has 6 nitrogen and oxygen atoms in total. The van der Waals surface area contributed by atoms with Crippen molar-refractivity contribution < 1.29 is 24.2 Å². The molecule has 24 heavy (non-hydrogen) atoms. The average Bonchev–Trinajstić information content (AvgIpc) is 3.10. The van der Waals surface area contributed by atoms with E-state index >= 15 is 0 Å². The fraction of sp³-hybridized carbons (Fsp3) is 0.278. The van der Waals surface area contributed by atoms with Crippen LogP contribution in [0.25, 0.3) is 0 Å². The molecular formula is C18H19NO5. The zero-order valence-corrected chi connectivity index (χ0v) is 13.8. The lowest BCUT2D eigenvalue weighted by Crippen LogP contribution is -2.05. The smallest absolute Gasteiger partial charge is 0.161 e. The van der Waals surface area contributed by atoms with Gasteiger partial charge in [-0.15, -0.1) is 0 Å². The van der Waals surface area contributed by atoms with Gasteiger partial charge < -0.3 is 24.2 Å². The lowest BCUT2D eigenvalue weighted by molar-refractivity contribution is 0.0837. The molecule has 1 aliphatic heterocycles. The van der Waals surface area contributed by atoms with E-state index in [1.165, 1.54) is 20.3 Å². The van der Waals surface area contributed by atoms with Crippen LogP contribution < -0.4 is 14.2 Å². The molecule has 1 aliphatic rings. The Morgan fingerprint density at radius 3 is 2.50 bits per heavy atom. The number of hydrogen-bond donors (Lipinski definition) is 1. The van der Waals surface area contributed by atoms with Crippen molar-refractivity contribution in [3.63, 3.8) is 0 Å². The van der Waals surface area contributed by atoms with Gasteiger partial charge in [0.15, 0.2) is 6.10 Å². The fourth-order valence-electron chi connectivity index (χ4n) is 2.77. The Morgan fingerprint density at radius 2 is 1.79 bits per heavy atom. The van der Waals surface area contributed by atoms with Crippen molar-refractivity contribution >= 4 is 5.71 Å². The monoisotopic (exact) mass is 329 g/mol. The molecular weight excluding hydrogens is 310 g/mol. The Bertz CT molecular complexity index is 772. The zero-order chi connectivity index (χ0) is 17.1. The molecule has 3 rings (SSSR count). The number of methoxy groups -OCH3 is 3. The van der Waals surface area contributed by atoms with E-state index in [1.54, 1.807) is 13.2 Å². The van der Waals surface area contributed by atoms with E-state index in [4.69, 9.17) is 19.0 Å². The van der Waals surface area contributed by atoms with Crippen LogP contribution in [0.5, 0.6) is 23.0 Å². The molecule has 0 amide bonds. The molecule has 0 aromatic heterocycles. The minimum Gasteiger partial charge on any atom is -0.507 e. The molecule has 0 spiro atoms. The van der Waals surface area contributed by atoms with Gasteiger partial charge in [-0.2, -0.15) is 0 Å². The first-order valence-electron chi connectivity index (χ1n) is 7.49. The van der Waals surface area contributed by atoms with Gasteiger partial charge in [0.1, 0.15) is 23.0 Å². The fourth-order valence-corrected chi connectivity index (χ4v) is 2.77. The maximum absolute atomic E-state index is 10.3. The minimum atomic E-state index is -0.276. The van der Waals surface area contributed by atoms with Crippen LogP contribution in [-0.2, 0) is 4.84 Å². The van der Waals surface area contributed by atoms with E-state index in [0.717, 1.165) is 11.3 Å². The van der Waals surface area contributed by atoms with Gasteiger partial charge in [-0.05, 0) is 6.07 Å². The van der Waals surface area contributed by atoms with E-state index in [2.05, 4.69) is 5.16 Å². The predicted octanol–water partition coefficient (Wildman–Crippen LogP) is 3.28. The van der Waals surface area contributed by atoms with Crippen molar-refractivity contribution in [3.8, 4) is 23.0 Å². The lowest BCUT2D eigenvalue weighted by Gasteiger charge is -2.14. The summed E-state index contributed by atoms with van der Waals surface area (Å²) in [6.07, 6.45) is 0.221. The second-order valence-electron chi connectivity index (χ2n) is 5.30. The molecule has 0 saturated heterocycles. The Kier molecular flexibility index (Phi) is 4.46. The van der Waals surface area contributed by atoms with Crippen LogP contribution in [0.4, 0.5) is 0 Å². The third-order valence-corrected chi connectivity index (χ3v) is 3.95. The maximum Gasteiger partial charge on any atom is 0.161 e. The van der Waals surface area contributed by atoms with Crippen LogP contribution in [0.2, 0.25) is 0 Å². The molecule has 0 saturated carbocycles. The lowest BCUT2D eigenvalue weighted by atomic mass is 9.98. The highest BCUT2D eigenvalue weighted by Gasteiger charge is 2.30. The van der Waals surface area contributed by atoms with Gasteiger partial charge in [-0.3, -0.25) is 0 Å². The van der Waals surface area contributed by atoms with Crippen molar-refractivity contribution in [2.45, 2.75) is 12.5 Å². The van der Waals surface area contributed by atoms with E-state index in [-0.39, 0.29) is 11.9 Å². The molecule has 1 N–H and O–H groups in total. The number of para-hydroxylation sites is 1. The standard InChI is InChI=1S/C18H19NO5/c1-21-11-8-14(20)18(17(9-11)23-3)13-10-16(24-19-13)12-6-4-5-7-15(12)22-2/h4-9,16,20H,10H2,1-3H3. The van der Waals surface area contributed by atoms with Gasteiger partial charge in [-0.25, -0.2) is 0 Å². The zero-order valence-electron chi connectivity index (χ0n) is 13.8. The average molecular weight is 329 g/mol. The molecule has 2 aromatic rings. The summed E-state index contributed by atoms with van der Waals surface area (Å²) in [4.78, 5) is 5.57. The van der Waals surface area contributed by atoms with Crippen LogP contribution in [0.3, 0.4) is 0 Å². The first-order valence-corrected chi connectivity index (χ1v) is 7.49. The number of oxime groups is 1. The first kappa shape index (κ1) is 16.0. The van der Waals surface area contributed by atoms with Gasteiger partial charge in [0, 0.05) is 24.1 Å². The number of ether oxygens (including phenoxy) is 3. The number of rotatable bonds is 5. The maximum atomic E-state index is 10.3. The Labute approximate surface area is 140 Å². The molecule has 126 valence electrons. The van der Waals surface area contributed by atoms with E-state index in [1.807, 2.05) is 24.3 Å². The van der Waals surface area contributed by atoms with Crippen molar-refractivity contribution in [1.29, 1.82) is 0 Å². The van der Waals surface area contributed by atoms with E-state index in [0.29, 0.717) is 29.2 Å². The van der Waals surface area contributed by atoms with Gasteiger partial charge in [0.25, 0.3) is 0 Å². The Morgan fingerprint density at radius 1 is 1.04 bits per heavy atom. The number of nitrogens with zero attached hydrogens (tertiary/aromatic N) is 1. The highest BCUT2D eigenvalue weighted by Crippen LogP contribution is 2.40. The number of hydrogen-bond acceptors (Lipinski definition) is 6. The molecule has 1 atom stereocenters. The Balaban J connectivity index is 1.91. The molecule has 1 heterocycles. The molecule has 0 bridgehead atoms. The molecule has 0 fully saturated rings. The molecule has 6 heteroatoms. The van der Waals surface area contributed by atoms with Crippen LogP contribution >= 0.6 is 0 Å². The molecule has 0 radical (unpaired) electrons. The SMILES string of the molecule is COc1cc(O)c(C2=NOC(c3ccccc3OC)C2)c(OC)c1. The van der Waals surface area contributed by atoms with Crippen molar-refractivity contribution in [2.75, 3.05) is 21.3 Å². The summed E-state index contributed by atoms with van der Waals surface area (Å²) in [5.41, 5.74) is 2.03. The largest absolute Gasteiger partial charge is 0.507 e. The van der Waals surface area contributed by atoms with Crippen molar-refractivity contribution in [3.05, 3.63) is 47.5 Å².